The summed E-state index contributed by atoms with van der Waals surface area (Å²) in [6.07, 6.45) is 3.20. The lowest BCUT2D eigenvalue weighted by atomic mass is 10.0. The molecule has 1 aliphatic heterocycles. The topological polar surface area (TPSA) is 101 Å². The second-order valence-corrected chi connectivity index (χ2v) is 10.3. The monoisotopic (exact) mass is 466 g/mol. The fourth-order valence-corrected chi connectivity index (χ4v) is 5.22. The highest BCUT2D eigenvalue weighted by Gasteiger charge is 2.28. The van der Waals surface area contributed by atoms with Gasteiger partial charge in [-0.3, -0.25) is 9.59 Å². The average molecular weight is 467 g/mol. The van der Waals surface area contributed by atoms with Crippen LogP contribution in [-0.4, -0.2) is 41.5 Å². The Balaban J connectivity index is 1.51. The van der Waals surface area contributed by atoms with E-state index in [1.54, 1.807) is 0 Å². The summed E-state index contributed by atoms with van der Waals surface area (Å²) in [5, 5.41) is 6.82. The quantitative estimate of drug-likeness (QED) is 0.622. The third-order valence-corrected chi connectivity index (χ3v) is 7.69. The zero-order valence-corrected chi connectivity index (χ0v) is 19.4. The van der Waals surface area contributed by atoms with E-state index in [2.05, 4.69) is 17.3 Å². The Morgan fingerprint density at radius 3 is 2.42 bits per heavy atom. The zero-order chi connectivity index (χ0) is 23.6. The number of carbonyl (C=O) groups excluding carboxylic acids is 1. The van der Waals surface area contributed by atoms with Gasteiger partial charge in [-0.2, -0.15) is 9.40 Å². The fraction of sp³-hybridized carbons (Fsp3) is 0.292. The van der Waals surface area contributed by atoms with Gasteiger partial charge in [0.15, 0.2) is 5.69 Å². The summed E-state index contributed by atoms with van der Waals surface area (Å²) in [5.41, 5.74) is 1.37. The Morgan fingerprint density at radius 2 is 1.76 bits per heavy atom. The Morgan fingerprint density at radius 1 is 1.06 bits per heavy atom. The molecule has 0 spiro atoms. The molecular formula is C24H26N4O4S. The highest BCUT2D eigenvalue weighted by molar-refractivity contribution is 7.89. The fourth-order valence-electron chi connectivity index (χ4n) is 3.75. The first kappa shape index (κ1) is 22.9. The van der Waals surface area contributed by atoms with Crippen LogP contribution in [0.3, 0.4) is 0 Å². The Bertz CT molecular complexity index is 1330. The van der Waals surface area contributed by atoms with Crippen LogP contribution in [0.5, 0.6) is 0 Å². The molecule has 1 aromatic heterocycles. The Labute approximate surface area is 192 Å². The predicted molar refractivity (Wildman–Crippen MR) is 126 cm³/mol. The summed E-state index contributed by atoms with van der Waals surface area (Å²) in [6, 6.07) is 14.8. The number of sulfonamides is 1. The van der Waals surface area contributed by atoms with Crippen LogP contribution in [0.4, 0.5) is 5.69 Å². The maximum Gasteiger partial charge on any atom is 0.280 e. The third kappa shape index (κ3) is 5.04. The molecule has 172 valence electrons. The van der Waals surface area contributed by atoms with Crippen molar-refractivity contribution >= 4 is 21.6 Å². The molecule has 1 amide bonds. The van der Waals surface area contributed by atoms with Crippen LogP contribution >= 0.6 is 0 Å². The van der Waals surface area contributed by atoms with Crippen LogP contribution in [0, 0.1) is 12.8 Å². The molecule has 1 saturated heterocycles. The molecule has 0 bridgehead atoms. The van der Waals surface area contributed by atoms with E-state index in [0.717, 1.165) is 24.1 Å². The number of rotatable bonds is 5. The molecule has 2 aromatic carbocycles. The van der Waals surface area contributed by atoms with Gasteiger partial charge in [-0.05, 0) is 67.6 Å². The Hall–Kier alpha value is -3.30. The van der Waals surface area contributed by atoms with E-state index in [-0.39, 0.29) is 10.6 Å². The number of benzene rings is 2. The van der Waals surface area contributed by atoms with E-state index < -0.39 is 21.4 Å². The maximum atomic E-state index is 12.9. The number of amides is 1. The molecule has 3 aromatic rings. The van der Waals surface area contributed by atoms with Gasteiger partial charge in [0.25, 0.3) is 5.91 Å². The number of aromatic nitrogens is 2. The number of hydrogen-bond acceptors (Lipinski definition) is 5. The second kappa shape index (κ2) is 9.29. The third-order valence-electron chi connectivity index (χ3n) is 5.78. The van der Waals surface area contributed by atoms with Gasteiger partial charge in [0, 0.05) is 31.0 Å². The first-order chi connectivity index (χ1) is 15.7. The molecule has 0 aliphatic carbocycles. The molecule has 9 heteroatoms. The SMILES string of the molecule is Cc1cccc(-n2ccc(=O)c(C(=O)Nc3ccc(S(=O)(=O)N4CCC(C)CC4)cc3)n2)c1. The number of hydrogen-bond donors (Lipinski definition) is 1. The minimum Gasteiger partial charge on any atom is -0.320 e. The lowest BCUT2D eigenvalue weighted by molar-refractivity contribution is 0.101. The molecule has 1 aliphatic rings. The lowest BCUT2D eigenvalue weighted by Gasteiger charge is -2.29. The summed E-state index contributed by atoms with van der Waals surface area (Å²) >= 11 is 0. The number of anilines is 1. The largest absolute Gasteiger partial charge is 0.320 e. The molecule has 8 nitrogen and oxygen atoms in total. The first-order valence-corrected chi connectivity index (χ1v) is 12.3. The van der Waals surface area contributed by atoms with Crippen molar-refractivity contribution in [1.29, 1.82) is 0 Å². The van der Waals surface area contributed by atoms with Crippen LogP contribution in [0.1, 0.15) is 35.8 Å². The van der Waals surface area contributed by atoms with Crippen molar-refractivity contribution in [3.63, 3.8) is 0 Å². The first-order valence-electron chi connectivity index (χ1n) is 10.8. The van der Waals surface area contributed by atoms with Crippen molar-refractivity contribution in [2.75, 3.05) is 18.4 Å². The maximum absolute atomic E-state index is 12.9. The van der Waals surface area contributed by atoms with Crippen molar-refractivity contribution < 1.29 is 13.2 Å². The van der Waals surface area contributed by atoms with Gasteiger partial charge in [-0.15, -0.1) is 0 Å². The van der Waals surface area contributed by atoms with Crippen LogP contribution in [0.15, 0.2) is 70.5 Å². The smallest absolute Gasteiger partial charge is 0.280 e. The number of nitrogens with one attached hydrogen (secondary N) is 1. The molecular weight excluding hydrogens is 440 g/mol. The van der Waals surface area contributed by atoms with Gasteiger partial charge in [0.2, 0.25) is 15.5 Å². The number of aryl methyl sites for hydroxylation is 1. The highest BCUT2D eigenvalue weighted by atomic mass is 32.2. The summed E-state index contributed by atoms with van der Waals surface area (Å²) in [5.74, 6) is -0.140. The van der Waals surface area contributed by atoms with Crippen molar-refractivity contribution in [2.24, 2.45) is 5.92 Å². The van der Waals surface area contributed by atoms with Gasteiger partial charge in [0.1, 0.15) is 0 Å². The molecule has 0 unspecified atom stereocenters. The van der Waals surface area contributed by atoms with E-state index in [0.29, 0.717) is 24.7 Å². The van der Waals surface area contributed by atoms with Crippen LogP contribution in [0.25, 0.3) is 5.69 Å². The van der Waals surface area contributed by atoms with Gasteiger partial charge in [0.05, 0.1) is 10.6 Å². The van der Waals surface area contributed by atoms with Crippen molar-refractivity contribution in [1.82, 2.24) is 14.1 Å². The van der Waals surface area contributed by atoms with Crippen LogP contribution < -0.4 is 10.7 Å². The molecule has 0 atom stereocenters. The van der Waals surface area contributed by atoms with Gasteiger partial charge in [-0.25, -0.2) is 13.1 Å². The van der Waals surface area contributed by atoms with Crippen molar-refractivity contribution in [3.8, 4) is 5.69 Å². The number of piperidine rings is 1. The van der Waals surface area contributed by atoms with Crippen molar-refractivity contribution in [3.05, 3.63) is 82.3 Å². The van der Waals surface area contributed by atoms with Crippen LogP contribution in [-0.2, 0) is 10.0 Å². The summed E-state index contributed by atoms with van der Waals surface area (Å²) in [7, 11) is -3.57. The minimum atomic E-state index is -3.57. The Kier molecular flexibility index (Phi) is 6.44. The average Bonchev–Trinajstić information content (AvgIpc) is 2.80. The van der Waals surface area contributed by atoms with Crippen LogP contribution in [0.2, 0.25) is 0 Å². The summed E-state index contributed by atoms with van der Waals surface area (Å²) < 4.78 is 28.7. The molecule has 4 rings (SSSR count). The van der Waals surface area contributed by atoms with E-state index in [4.69, 9.17) is 0 Å². The molecule has 1 N–H and O–H groups in total. The number of carbonyl (C=O) groups is 1. The zero-order valence-electron chi connectivity index (χ0n) is 18.6. The number of nitrogens with zero attached hydrogens (tertiary/aromatic N) is 3. The van der Waals surface area contributed by atoms with E-state index in [9.17, 15) is 18.0 Å². The molecule has 1 fully saturated rings. The molecule has 33 heavy (non-hydrogen) atoms. The summed E-state index contributed by atoms with van der Waals surface area (Å²) in [6.45, 7) is 5.08. The van der Waals surface area contributed by atoms with Gasteiger partial charge < -0.3 is 5.32 Å². The predicted octanol–water partition coefficient (Wildman–Crippen LogP) is 3.21. The van der Waals surface area contributed by atoms with E-state index in [1.165, 1.54) is 45.5 Å². The summed E-state index contributed by atoms with van der Waals surface area (Å²) in [4.78, 5) is 25.2. The van der Waals surface area contributed by atoms with Gasteiger partial charge >= 0.3 is 0 Å². The molecule has 0 radical (unpaired) electrons. The van der Waals surface area contributed by atoms with E-state index in [1.807, 2.05) is 31.2 Å². The van der Waals surface area contributed by atoms with Gasteiger partial charge in [-0.1, -0.05) is 19.1 Å². The normalized spacial score (nSPS) is 15.3. The van der Waals surface area contributed by atoms with Crippen molar-refractivity contribution in [2.45, 2.75) is 31.6 Å². The second-order valence-electron chi connectivity index (χ2n) is 8.38. The highest BCUT2D eigenvalue weighted by Crippen LogP contribution is 2.24. The minimum absolute atomic E-state index is 0.176. The molecule has 2 heterocycles. The lowest BCUT2D eigenvalue weighted by Crippen LogP contribution is -2.37. The standard InChI is InChI=1S/C24H26N4O4S/c1-17-10-13-27(14-11-17)33(31,32)21-8-6-19(7-9-21)25-24(30)23-22(29)12-15-28(26-23)20-5-3-4-18(2)16-20/h3-9,12,15-17H,10-11,13-14H2,1-2H3,(H,25,30). The van der Waals surface area contributed by atoms with E-state index >= 15 is 0 Å². The molecule has 0 saturated carbocycles.